The zero-order valence-corrected chi connectivity index (χ0v) is 15.1. The number of carbonyl (C=O) groups is 3. The summed E-state index contributed by atoms with van der Waals surface area (Å²) in [6.07, 6.45) is 0.489. The molecule has 2 N–H and O–H groups in total. The molecule has 0 radical (unpaired) electrons. The minimum atomic E-state index is -0.475. The Hall–Kier alpha value is -3.35. The van der Waals surface area contributed by atoms with Gasteiger partial charge in [-0.3, -0.25) is 25.2 Å². The summed E-state index contributed by atoms with van der Waals surface area (Å²) < 4.78 is 10.1. The van der Waals surface area contributed by atoms with Crippen LogP contribution >= 0.6 is 0 Å². The molecular weight excluding hydrogens is 348 g/mol. The lowest BCUT2D eigenvalue weighted by Gasteiger charge is -2.08. The molecule has 2 aromatic carbocycles. The zero-order chi connectivity index (χ0) is 19.5. The van der Waals surface area contributed by atoms with Crippen LogP contribution in [0.15, 0.2) is 54.6 Å². The fourth-order valence-electron chi connectivity index (χ4n) is 2.22. The Bertz CT molecular complexity index is 760. The highest BCUT2D eigenvalue weighted by molar-refractivity contribution is 5.95. The second-order valence-corrected chi connectivity index (χ2v) is 5.69. The summed E-state index contributed by atoms with van der Waals surface area (Å²) in [6, 6.07) is 16.1. The first-order valence-corrected chi connectivity index (χ1v) is 8.51. The van der Waals surface area contributed by atoms with E-state index in [1.54, 1.807) is 24.3 Å². The molecule has 7 heteroatoms. The number of hydrogen-bond donors (Lipinski definition) is 2. The second-order valence-electron chi connectivity index (χ2n) is 5.69. The summed E-state index contributed by atoms with van der Waals surface area (Å²) in [5.74, 6) is -0.766. The predicted molar refractivity (Wildman–Crippen MR) is 98.9 cm³/mol. The van der Waals surface area contributed by atoms with Gasteiger partial charge >= 0.3 is 5.97 Å². The SMILES string of the molecule is COc1ccc(C(=O)NNC(=O)CCC(=O)OCCc2ccccc2)cc1. The summed E-state index contributed by atoms with van der Waals surface area (Å²) >= 11 is 0. The van der Waals surface area contributed by atoms with Crippen LogP contribution in [0.3, 0.4) is 0 Å². The van der Waals surface area contributed by atoms with E-state index in [0.29, 0.717) is 17.7 Å². The number of benzene rings is 2. The van der Waals surface area contributed by atoms with Crippen LogP contribution in [0.4, 0.5) is 0 Å². The van der Waals surface area contributed by atoms with E-state index in [-0.39, 0.29) is 19.4 Å². The minimum Gasteiger partial charge on any atom is -0.497 e. The maximum Gasteiger partial charge on any atom is 0.306 e. The molecule has 7 nitrogen and oxygen atoms in total. The van der Waals surface area contributed by atoms with Crippen LogP contribution in [-0.4, -0.2) is 31.5 Å². The maximum absolute atomic E-state index is 11.9. The van der Waals surface area contributed by atoms with Crippen LogP contribution in [0.1, 0.15) is 28.8 Å². The molecule has 0 aliphatic heterocycles. The number of hydrogen-bond acceptors (Lipinski definition) is 5. The quantitative estimate of drug-likeness (QED) is 0.548. The van der Waals surface area contributed by atoms with Crippen LogP contribution in [0.5, 0.6) is 5.75 Å². The predicted octanol–water partition coefficient (Wildman–Crippen LogP) is 2.02. The molecule has 0 saturated carbocycles. The van der Waals surface area contributed by atoms with Crippen molar-refractivity contribution in [1.82, 2.24) is 10.9 Å². The van der Waals surface area contributed by atoms with Crippen molar-refractivity contribution >= 4 is 17.8 Å². The second kappa shape index (κ2) is 10.6. The summed E-state index contributed by atoms with van der Waals surface area (Å²) in [5.41, 5.74) is 6.01. The molecule has 0 spiro atoms. The third kappa shape index (κ3) is 7.19. The monoisotopic (exact) mass is 370 g/mol. The number of esters is 1. The first kappa shape index (κ1) is 20.0. The Kier molecular flexibility index (Phi) is 7.84. The van der Waals surface area contributed by atoms with Gasteiger partial charge in [-0.2, -0.15) is 0 Å². The van der Waals surface area contributed by atoms with E-state index < -0.39 is 17.8 Å². The first-order chi connectivity index (χ1) is 13.1. The van der Waals surface area contributed by atoms with Crippen LogP contribution < -0.4 is 15.6 Å². The molecule has 0 unspecified atom stereocenters. The smallest absolute Gasteiger partial charge is 0.306 e. The van der Waals surface area contributed by atoms with Gasteiger partial charge in [0.2, 0.25) is 5.91 Å². The van der Waals surface area contributed by atoms with Gasteiger partial charge in [0.25, 0.3) is 5.91 Å². The zero-order valence-electron chi connectivity index (χ0n) is 15.1. The number of methoxy groups -OCH3 is 1. The van der Waals surface area contributed by atoms with Crippen LogP contribution in [0, 0.1) is 0 Å². The minimum absolute atomic E-state index is 0.0565. The Morgan fingerprint density at radius 3 is 2.26 bits per heavy atom. The Morgan fingerprint density at radius 1 is 0.889 bits per heavy atom. The molecule has 0 heterocycles. The van der Waals surface area contributed by atoms with Gasteiger partial charge in [0.05, 0.1) is 20.1 Å². The summed E-state index contributed by atoms with van der Waals surface area (Å²) in [7, 11) is 1.53. The van der Waals surface area contributed by atoms with Crippen molar-refractivity contribution in [2.24, 2.45) is 0 Å². The normalized spacial score (nSPS) is 9.96. The Balaban J connectivity index is 1.62. The lowest BCUT2D eigenvalue weighted by atomic mass is 10.2. The molecule has 0 aromatic heterocycles. The van der Waals surface area contributed by atoms with Crippen molar-refractivity contribution in [3.05, 3.63) is 65.7 Å². The molecule has 0 saturated heterocycles. The Morgan fingerprint density at radius 2 is 1.59 bits per heavy atom. The molecule has 142 valence electrons. The van der Waals surface area contributed by atoms with Crippen molar-refractivity contribution in [2.45, 2.75) is 19.3 Å². The van der Waals surface area contributed by atoms with E-state index in [4.69, 9.17) is 9.47 Å². The molecule has 0 bridgehead atoms. The fourth-order valence-corrected chi connectivity index (χ4v) is 2.22. The standard InChI is InChI=1S/C20H22N2O5/c1-26-17-9-7-16(8-10-17)20(25)22-21-18(23)11-12-19(24)27-14-13-15-5-3-2-4-6-15/h2-10H,11-14H2,1H3,(H,21,23)(H,22,25). The average Bonchev–Trinajstić information content (AvgIpc) is 2.71. The largest absolute Gasteiger partial charge is 0.497 e. The summed E-state index contributed by atoms with van der Waals surface area (Å²) in [5, 5.41) is 0. The third-order valence-electron chi connectivity index (χ3n) is 3.72. The van der Waals surface area contributed by atoms with Gasteiger partial charge < -0.3 is 9.47 Å². The molecule has 2 aromatic rings. The lowest BCUT2D eigenvalue weighted by molar-refractivity contribution is -0.144. The van der Waals surface area contributed by atoms with E-state index >= 15 is 0 Å². The molecular formula is C20H22N2O5. The molecule has 2 rings (SSSR count). The van der Waals surface area contributed by atoms with Crippen molar-refractivity contribution in [3.8, 4) is 5.75 Å². The highest BCUT2D eigenvalue weighted by atomic mass is 16.5. The van der Waals surface area contributed by atoms with E-state index in [1.165, 1.54) is 7.11 Å². The van der Waals surface area contributed by atoms with Crippen molar-refractivity contribution in [2.75, 3.05) is 13.7 Å². The van der Waals surface area contributed by atoms with Gasteiger partial charge in [-0.1, -0.05) is 30.3 Å². The lowest BCUT2D eigenvalue weighted by Crippen LogP contribution is -2.41. The summed E-state index contributed by atoms with van der Waals surface area (Å²) in [4.78, 5) is 35.3. The van der Waals surface area contributed by atoms with E-state index in [2.05, 4.69) is 10.9 Å². The summed E-state index contributed by atoms with van der Waals surface area (Å²) in [6.45, 7) is 0.263. The molecule has 0 aliphatic carbocycles. The number of nitrogens with one attached hydrogen (secondary N) is 2. The van der Waals surface area contributed by atoms with Gasteiger partial charge in [-0.05, 0) is 29.8 Å². The van der Waals surface area contributed by atoms with Gasteiger partial charge in [0, 0.05) is 18.4 Å². The fraction of sp³-hybridized carbons (Fsp3) is 0.250. The molecule has 2 amide bonds. The van der Waals surface area contributed by atoms with E-state index in [0.717, 1.165) is 5.56 Å². The van der Waals surface area contributed by atoms with Crippen LogP contribution in [-0.2, 0) is 20.7 Å². The average molecular weight is 370 g/mol. The Labute approximate surface area is 157 Å². The number of amides is 2. The van der Waals surface area contributed by atoms with Crippen LogP contribution in [0.25, 0.3) is 0 Å². The molecule has 0 fully saturated rings. The first-order valence-electron chi connectivity index (χ1n) is 8.51. The van der Waals surface area contributed by atoms with Crippen molar-refractivity contribution in [3.63, 3.8) is 0 Å². The molecule has 0 aliphatic rings. The van der Waals surface area contributed by atoms with Crippen molar-refractivity contribution < 1.29 is 23.9 Å². The van der Waals surface area contributed by atoms with Crippen molar-refractivity contribution in [1.29, 1.82) is 0 Å². The van der Waals surface area contributed by atoms with Gasteiger partial charge in [-0.15, -0.1) is 0 Å². The van der Waals surface area contributed by atoms with Gasteiger partial charge in [0.1, 0.15) is 5.75 Å². The number of carbonyl (C=O) groups excluding carboxylic acids is 3. The highest BCUT2D eigenvalue weighted by Gasteiger charge is 2.10. The van der Waals surface area contributed by atoms with E-state index in [9.17, 15) is 14.4 Å². The highest BCUT2D eigenvalue weighted by Crippen LogP contribution is 2.10. The van der Waals surface area contributed by atoms with E-state index in [1.807, 2.05) is 30.3 Å². The number of rotatable bonds is 8. The van der Waals surface area contributed by atoms with Crippen LogP contribution in [0.2, 0.25) is 0 Å². The number of hydrazine groups is 1. The number of ether oxygens (including phenoxy) is 2. The van der Waals surface area contributed by atoms with Gasteiger partial charge in [0.15, 0.2) is 0 Å². The molecule has 27 heavy (non-hydrogen) atoms. The van der Waals surface area contributed by atoms with Gasteiger partial charge in [-0.25, -0.2) is 0 Å². The third-order valence-corrected chi connectivity index (χ3v) is 3.72. The molecule has 0 atom stereocenters. The maximum atomic E-state index is 11.9. The topological polar surface area (TPSA) is 93.7 Å².